The van der Waals surface area contributed by atoms with Gasteiger partial charge in [-0.25, -0.2) is 0 Å². The molecule has 1 fully saturated rings. The minimum atomic E-state index is 0.344. The minimum Gasteiger partial charge on any atom is -0.350 e. The molecule has 1 saturated heterocycles. The lowest BCUT2D eigenvalue weighted by molar-refractivity contribution is 0.346. The first kappa shape index (κ1) is 13.1. The van der Waals surface area contributed by atoms with E-state index in [0.29, 0.717) is 17.9 Å². The number of nitrogens with zero attached hydrogens (tertiary/aromatic N) is 4. The summed E-state index contributed by atoms with van der Waals surface area (Å²) in [6.07, 6.45) is 2.48. The Morgan fingerprint density at radius 1 is 1.35 bits per heavy atom. The molecule has 0 saturated carbocycles. The van der Waals surface area contributed by atoms with Gasteiger partial charge in [0.05, 0.1) is 5.69 Å². The number of nitrogens with one attached hydrogen (secondary N) is 2. The number of hydrogen-bond donors (Lipinski definition) is 2. The van der Waals surface area contributed by atoms with E-state index in [1.54, 1.807) is 4.68 Å². The molecule has 3 rings (SSSR count). The third-order valence-electron chi connectivity index (χ3n) is 3.87. The van der Waals surface area contributed by atoms with E-state index < -0.39 is 0 Å². The van der Waals surface area contributed by atoms with Crippen LogP contribution in [0.25, 0.3) is 5.69 Å². The highest BCUT2D eigenvalue weighted by atomic mass is 15.6. The van der Waals surface area contributed by atoms with Gasteiger partial charge in [0.1, 0.15) is 0 Å². The maximum atomic E-state index is 4.10. The Labute approximate surface area is 118 Å². The Balaban J connectivity index is 1.73. The van der Waals surface area contributed by atoms with Gasteiger partial charge in [-0.2, -0.15) is 4.68 Å². The molecule has 0 spiro atoms. The molecular weight excluding hydrogens is 252 g/mol. The van der Waals surface area contributed by atoms with Crippen molar-refractivity contribution in [3.8, 4) is 5.69 Å². The van der Waals surface area contributed by atoms with E-state index in [2.05, 4.69) is 33.1 Å². The summed E-state index contributed by atoms with van der Waals surface area (Å²) in [7, 11) is 0. The van der Waals surface area contributed by atoms with Crippen LogP contribution in [0, 0.1) is 5.92 Å². The number of hydrogen-bond acceptors (Lipinski definition) is 5. The smallest absolute Gasteiger partial charge is 0.247 e. The molecular formula is C14H20N6. The summed E-state index contributed by atoms with van der Waals surface area (Å²) >= 11 is 0. The Morgan fingerprint density at radius 3 is 2.95 bits per heavy atom. The van der Waals surface area contributed by atoms with Crippen molar-refractivity contribution >= 4 is 5.95 Å². The lowest BCUT2D eigenvalue weighted by Gasteiger charge is -2.28. The fourth-order valence-corrected chi connectivity index (χ4v) is 2.65. The van der Waals surface area contributed by atoms with Gasteiger partial charge >= 0.3 is 0 Å². The van der Waals surface area contributed by atoms with Crippen LogP contribution in [0.2, 0.25) is 0 Å². The van der Waals surface area contributed by atoms with E-state index in [9.17, 15) is 0 Å². The van der Waals surface area contributed by atoms with E-state index >= 15 is 0 Å². The summed E-state index contributed by atoms with van der Waals surface area (Å²) in [5, 5.41) is 18.8. The molecule has 1 aliphatic rings. The molecule has 1 aromatic heterocycles. The van der Waals surface area contributed by atoms with Gasteiger partial charge in [-0.05, 0) is 61.3 Å². The average Bonchev–Trinajstić information content (AvgIpc) is 2.97. The molecule has 6 nitrogen and oxygen atoms in total. The second-order valence-corrected chi connectivity index (χ2v) is 5.29. The summed E-state index contributed by atoms with van der Waals surface area (Å²) in [6.45, 7) is 4.38. The number of piperidine rings is 1. The maximum Gasteiger partial charge on any atom is 0.247 e. The second-order valence-electron chi connectivity index (χ2n) is 5.29. The average molecular weight is 272 g/mol. The Kier molecular flexibility index (Phi) is 3.92. The molecule has 2 atom stereocenters. The molecule has 6 heteroatoms. The van der Waals surface area contributed by atoms with Gasteiger partial charge in [-0.3, -0.25) is 0 Å². The molecule has 0 aliphatic carbocycles. The van der Waals surface area contributed by atoms with Crippen molar-refractivity contribution in [3.63, 3.8) is 0 Å². The summed E-state index contributed by atoms with van der Waals surface area (Å²) in [5.74, 6) is 1.32. The monoisotopic (exact) mass is 272 g/mol. The standard InChI is InChI=1S/C14H20N6/c1-11(12-6-5-9-15-10-12)16-14-17-18-19-20(14)13-7-3-2-4-8-13/h2-4,7-8,11-12,15H,5-6,9-10H2,1H3,(H,16,17,19). The molecule has 1 aliphatic heterocycles. The molecule has 2 aromatic rings. The lowest BCUT2D eigenvalue weighted by Crippen LogP contribution is -2.39. The van der Waals surface area contributed by atoms with Crippen molar-refractivity contribution in [2.45, 2.75) is 25.8 Å². The van der Waals surface area contributed by atoms with Crippen LogP contribution in [0.15, 0.2) is 30.3 Å². The molecule has 106 valence electrons. The van der Waals surface area contributed by atoms with Crippen LogP contribution in [0.4, 0.5) is 5.95 Å². The van der Waals surface area contributed by atoms with Crippen LogP contribution in [-0.4, -0.2) is 39.3 Å². The van der Waals surface area contributed by atoms with Gasteiger partial charge in [0, 0.05) is 6.04 Å². The second kappa shape index (κ2) is 6.00. The first-order valence-corrected chi connectivity index (χ1v) is 7.15. The van der Waals surface area contributed by atoms with Gasteiger partial charge in [0.15, 0.2) is 0 Å². The Morgan fingerprint density at radius 2 is 2.20 bits per heavy atom. The van der Waals surface area contributed by atoms with Crippen molar-refractivity contribution in [1.29, 1.82) is 0 Å². The predicted molar refractivity (Wildman–Crippen MR) is 77.8 cm³/mol. The first-order valence-electron chi connectivity index (χ1n) is 7.15. The van der Waals surface area contributed by atoms with Crippen LogP contribution in [0.3, 0.4) is 0 Å². The third kappa shape index (κ3) is 2.80. The van der Waals surface area contributed by atoms with Gasteiger partial charge in [0.2, 0.25) is 5.95 Å². The fourth-order valence-electron chi connectivity index (χ4n) is 2.65. The third-order valence-corrected chi connectivity index (χ3v) is 3.87. The van der Waals surface area contributed by atoms with Crippen molar-refractivity contribution in [2.75, 3.05) is 18.4 Å². The number of tetrazole rings is 1. The van der Waals surface area contributed by atoms with E-state index in [-0.39, 0.29) is 0 Å². The topological polar surface area (TPSA) is 67.7 Å². The SMILES string of the molecule is CC(Nc1nnnn1-c1ccccc1)C1CCCNC1. The molecule has 0 bridgehead atoms. The number of para-hydroxylation sites is 1. The lowest BCUT2D eigenvalue weighted by atomic mass is 9.93. The van der Waals surface area contributed by atoms with Gasteiger partial charge < -0.3 is 10.6 Å². The predicted octanol–water partition coefficient (Wildman–Crippen LogP) is 1.46. The molecule has 2 heterocycles. The van der Waals surface area contributed by atoms with E-state index in [1.807, 2.05) is 30.3 Å². The Hall–Kier alpha value is -1.95. The highest BCUT2D eigenvalue weighted by molar-refractivity contribution is 5.38. The summed E-state index contributed by atoms with van der Waals surface area (Å²) < 4.78 is 1.74. The van der Waals surface area contributed by atoms with Gasteiger partial charge in [-0.15, -0.1) is 0 Å². The highest BCUT2D eigenvalue weighted by Gasteiger charge is 2.21. The molecule has 1 aromatic carbocycles. The number of anilines is 1. The highest BCUT2D eigenvalue weighted by Crippen LogP contribution is 2.18. The number of aromatic nitrogens is 4. The minimum absolute atomic E-state index is 0.344. The zero-order valence-corrected chi connectivity index (χ0v) is 11.7. The van der Waals surface area contributed by atoms with Crippen LogP contribution < -0.4 is 10.6 Å². The van der Waals surface area contributed by atoms with Crippen LogP contribution in [0.1, 0.15) is 19.8 Å². The van der Waals surface area contributed by atoms with Crippen LogP contribution in [-0.2, 0) is 0 Å². The molecule has 2 unspecified atom stereocenters. The van der Waals surface area contributed by atoms with Crippen molar-refractivity contribution in [1.82, 2.24) is 25.5 Å². The van der Waals surface area contributed by atoms with Crippen molar-refractivity contribution in [2.24, 2.45) is 5.92 Å². The normalized spacial score (nSPS) is 20.6. The number of benzene rings is 1. The van der Waals surface area contributed by atoms with E-state index in [1.165, 1.54) is 12.8 Å². The zero-order chi connectivity index (χ0) is 13.8. The van der Waals surface area contributed by atoms with Gasteiger partial charge in [-0.1, -0.05) is 23.3 Å². The quantitative estimate of drug-likeness (QED) is 0.882. The summed E-state index contributed by atoms with van der Waals surface area (Å²) in [5.41, 5.74) is 0.967. The largest absolute Gasteiger partial charge is 0.350 e. The van der Waals surface area contributed by atoms with Crippen molar-refractivity contribution in [3.05, 3.63) is 30.3 Å². The van der Waals surface area contributed by atoms with Crippen LogP contribution in [0.5, 0.6) is 0 Å². The maximum absolute atomic E-state index is 4.10. The summed E-state index contributed by atoms with van der Waals surface area (Å²) in [4.78, 5) is 0. The first-order chi connectivity index (χ1) is 9.84. The van der Waals surface area contributed by atoms with Crippen LogP contribution >= 0.6 is 0 Å². The number of rotatable bonds is 4. The zero-order valence-electron chi connectivity index (χ0n) is 11.7. The fraction of sp³-hybridized carbons (Fsp3) is 0.500. The van der Waals surface area contributed by atoms with Crippen molar-refractivity contribution < 1.29 is 0 Å². The van der Waals surface area contributed by atoms with Gasteiger partial charge in [0.25, 0.3) is 0 Å². The molecule has 0 radical (unpaired) electrons. The van der Waals surface area contributed by atoms with E-state index in [0.717, 1.165) is 18.8 Å². The molecule has 2 N–H and O–H groups in total. The Bertz CT molecular complexity index is 532. The molecule has 0 amide bonds. The molecule has 20 heavy (non-hydrogen) atoms. The summed E-state index contributed by atoms with van der Waals surface area (Å²) in [6, 6.07) is 10.3. The van der Waals surface area contributed by atoms with E-state index in [4.69, 9.17) is 0 Å².